The minimum Gasteiger partial charge on any atom is -0.352 e. The maximum atomic E-state index is 12.6. The van der Waals surface area contributed by atoms with Gasteiger partial charge in [0.2, 0.25) is 5.91 Å². The number of nitrogens with zero attached hydrogens (tertiary/aromatic N) is 3. The normalized spacial score (nSPS) is 15.8. The van der Waals surface area contributed by atoms with E-state index in [2.05, 4.69) is 10.3 Å². The topological polar surface area (TPSA) is 68.9 Å². The number of carbonyl (C=O) groups excluding carboxylic acids is 1. The van der Waals surface area contributed by atoms with Gasteiger partial charge in [0.05, 0.1) is 5.52 Å². The molecule has 2 heterocycles. The molecule has 0 radical (unpaired) electrons. The van der Waals surface area contributed by atoms with Crippen LogP contribution in [0.2, 0.25) is 0 Å². The lowest BCUT2D eigenvalue weighted by Gasteiger charge is -2.12. The highest BCUT2D eigenvalue weighted by molar-refractivity contribution is 5.79. The van der Waals surface area contributed by atoms with E-state index in [0.717, 1.165) is 12.8 Å². The van der Waals surface area contributed by atoms with Crippen molar-refractivity contribution in [3.05, 3.63) is 28.8 Å². The third kappa shape index (κ3) is 2.65. The van der Waals surface area contributed by atoms with Gasteiger partial charge in [-0.05, 0) is 38.8 Å². The minimum absolute atomic E-state index is 0.00374. The molecule has 1 aliphatic rings. The number of hydrogen-bond acceptors (Lipinski definition) is 3. The van der Waals surface area contributed by atoms with E-state index in [9.17, 15) is 9.59 Å². The van der Waals surface area contributed by atoms with Crippen LogP contribution in [0, 0.1) is 0 Å². The fourth-order valence-electron chi connectivity index (χ4n) is 3.21. The molecule has 1 amide bonds. The van der Waals surface area contributed by atoms with Crippen molar-refractivity contribution in [3.8, 4) is 0 Å². The van der Waals surface area contributed by atoms with Crippen LogP contribution in [-0.4, -0.2) is 26.1 Å². The third-order valence-electron chi connectivity index (χ3n) is 4.26. The summed E-state index contributed by atoms with van der Waals surface area (Å²) < 4.78 is 3.16. The Hall–Kier alpha value is -2.11. The number of pyridine rings is 1. The lowest BCUT2D eigenvalue weighted by Crippen LogP contribution is -2.38. The van der Waals surface area contributed by atoms with Gasteiger partial charge in [0.15, 0.2) is 5.65 Å². The molecule has 1 saturated carbocycles. The largest absolute Gasteiger partial charge is 0.352 e. The summed E-state index contributed by atoms with van der Waals surface area (Å²) in [5, 5.41) is 3.03. The molecule has 0 spiro atoms. The molecule has 3 rings (SSSR count). The number of carbonyl (C=O) groups is 1. The SMILES string of the molecule is CC(C)n1c(=O)n(CC(=O)NC2CCCC2)c2cccnc21. The van der Waals surface area contributed by atoms with E-state index in [4.69, 9.17) is 0 Å². The molecule has 1 N–H and O–H groups in total. The van der Waals surface area contributed by atoms with E-state index in [-0.39, 0.29) is 30.2 Å². The lowest BCUT2D eigenvalue weighted by atomic mass is 10.2. The highest BCUT2D eigenvalue weighted by atomic mass is 16.2. The fourth-order valence-corrected chi connectivity index (χ4v) is 3.21. The standard InChI is InChI=1S/C16H22N4O2/c1-11(2)20-15-13(8-5-9-17-15)19(16(20)22)10-14(21)18-12-6-3-4-7-12/h5,8-9,11-12H,3-4,6-7,10H2,1-2H3,(H,18,21). The molecule has 2 aromatic rings. The summed E-state index contributed by atoms with van der Waals surface area (Å²) in [5.74, 6) is -0.0966. The molecule has 0 bridgehead atoms. The minimum atomic E-state index is -0.176. The molecule has 0 unspecified atom stereocenters. The Labute approximate surface area is 129 Å². The maximum Gasteiger partial charge on any atom is 0.331 e. The Morgan fingerprint density at radius 2 is 2.14 bits per heavy atom. The van der Waals surface area contributed by atoms with Crippen LogP contribution in [0.5, 0.6) is 0 Å². The van der Waals surface area contributed by atoms with Gasteiger partial charge in [-0.2, -0.15) is 0 Å². The number of fused-ring (bicyclic) bond motifs is 1. The summed E-state index contributed by atoms with van der Waals surface area (Å²) in [6.07, 6.45) is 6.08. The van der Waals surface area contributed by atoms with Crippen LogP contribution in [0.25, 0.3) is 11.2 Å². The number of imidazole rings is 1. The van der Waals surface area contributed by atoms with Crippen molar-refractivity contribution in [2.75, 3.05) is 0 Å². The van der Waals surface area contributed by atoms with Gasteiger partial charge in [-0.1, -0.05) is 12.8 Å². The zero-order valence-electron chi connectivity index (χ0n) is 13.1. The van der Waals surface area contributed by atoms with Gasteiger partial charge in [-0.3, -0.25) is 13.9 Å². The van der Waals surface area contributed by atoms with Crippen molar-refractivity contribution in [1.82, 2.24) is 19.4 Å². The van der Waals surface area contributed by atoms with Crippen molar-refractivity contribution < 1.29 is 4.79 Å². The van der Waals surface area contributed by atoms with E-state index < -0.39 is 0 Å². The first kappa shape index (κ1) is 14.8. The molecule has 118 valence electrons. The van der Waals surface area contributed by atoms with Crippen molar-refractivity contribution in [1.29, 1.82) is 0 Å². The van der Waals surface area contributed by atoms with Gasteiger partial charge in [-0.25, -0.2) is 9.78 Å². The number of nitrogens with one attached hydrogen (secondary N) is 1. The molecule has 0 aliphatic heterocycles. The quantitative estimate of drug-likeness (QED) is 0.937. The predicted octanol–water partition coefficient (Wildman–Crippen LogP) is 1.84. The molecule has 22 heavy (non-hydrogen) atoms. The maximum absolute atomic E-state index is 12.6. The van der Waals surface area contributed by atoms with E-state index in [0.29, 0.717) is 11.2 Å². The van der Waals surface area contributed by atoms with Gasteiger partial charge < -0.3 is 5.32 Å². The van der Waals surface area contributed by atoms with Gasteiger partial charge in [0.1, 0.15) is 6.54 Å². The van der Waals surface area contributed by atoms with E-state index in [1.165, 1.54) is 17.4 Å². The number of hydrogen-bond donors (Lipinski definition) is 1. The lowest BCUT2D eigenvalue weighted by molar-refractivity contribution is -0.122. The van der Waals surface area contributed by atoms with E-state index in [1.807, 2.05) is 19.9 Å². The first-order valence-corrected chi connectivity index (χ1v) is 7.93. The number of aromatic nitrogens is 3. The molecule has 0 saturated heterocycles. The summed E-state index contributed by atoms with van der Waals surface area (Å²) >= 11 is 0. The van der Waals surface area contributed by atoms with E-state index in [1.54, 1.807) is 16.8 Å². The van der Waals surface area contributed by atoms with Gasteiger partial charge in [-0.15, -0.1) is 0 Å². The Morgan fingerprint density at radius 1 is 1.41 bits per heavy atom. The van der Waals surface area contributed by atoms with Crippen LogP contribution in [-0.2, 0) is 11.3 Å². The molecule has 2 aromatic heterocycles. The van der Waals surface area contributed by atoms with Crippen molar-refractivity contribution in [2.24, 2.45) is 0 Å². The second kappa shape index (κ2) is 5.94. The molecule has 0 aromatic carbocycles. The Morgan fingerprint density at radius 3 is 2.82 bits per heavy atom. The van der Waals surface area contributed by atoms with Crippen LogP contribution in [0.4, 0.5) is 0 Å². The van der Waals surface area contributed by atoms with E-state index >= 15 is 0 Å². The molecule has 1 aliphatic carbocycles. The van der Waals surface area contributed by atoms with Crippen LogP contribution in [0.3, 0.4) is 0 Å². The first-order chi connectivity index (χ1) is 10.6. The van der Waals surface area contributed by atoms with Crippen LogP contribution < -0.4 is 11.0 Å². The number of amides is 1. The summed E-state index contributed by atoms with van der Waals surface area (Å²) in [6, 6.07) is 3.90. The molecule has 6 heteroatoms. The molecule has 0 atom stereocenters. The highest BCUT2D eigenvalue weighted by Crippen LogP contribution is 2.18. The third-order valence-corrected chi connectivity index (χ3v) is 4.26. The summed E-state index contributed by atoms with van der Waals surface area (Å²) in [7, 11) is 0. The fraction of sp³-hybridized carbons (Fsp3) is 0.562. The molecular formula is C16H22N4O2. The Kier molecular flexibility index (Phi) is 4.00. The van der Waals surface area contributed by atoms with Gasteiger partial charge in [0, 0.05) is 18.3 Å². The molecule has 6 nitrogen and oxygen atoms in total. The summed E-state index contributed by atoms with van der Waals surface area (Å²) in [4.78, 5) is 29.2. The first-order valence-electron chi connectivity index (χ1n) is 7.93. The Bertz CT molecular complexity index is 738. The predicted molar refractivity (Wildman–Crippen MR) is 84.8 cm³/mol. The molecule has 1 fully saturated rings. The molecular weight excluding hydrogens is 280 g/mol. The average Bonchev–Trinajstić information content (AvgIpc) is 3.06. The second-order valence-electron chi connectivity index (χ2n) is 6.23. The highest BCUT2D eigenvalue weighted by Gasteiger charge is 2.20. The van der Waals surface area contributed by atoms with Crippen molar-refractivity contribution in [3.63, 3.8) is 0 Å². The van der Waals surface area contributed by atoms with Gasteiger partial charge in [0.25, 0.3) is 0 Å². The average molecular weight is 302 g/mol. The zero-order chi connectivity index (χ0) is 15.7. The second-order valence-corrected chi connectivity index (χ2v) is 6.23. The van der Waals surface area contributed by atoms with Crippen LogP contribution in [0.1, 0.15) is 45.6 Å². The summed E-state index contributed by atoms with van der Waals surface area (Å²) in [5.41, 5.74) is 1.17. The van der Waals surface area contributed by atoms with Crippen molar-refractivity contribution >= 4 is 17.1 Å². The Balaban J connectivity index is 1.91. The monoisotopic (exact) mass is 302 g/mol. The van der Waals surface area contributed by atoms with Gasteiger partial charge >= 0.3 is 5.69 Å². The zero-order valence-corrected chi connectivity index (χ0v) is 13.1. The smallest absolute Gasteiger partial charge is 0.331 e. The number of rotatable bonds is 4. The van der Waals surface area contributed by atoms with Crippen LogP contribution >= 0.6 is 0 Å². The summed E-state index contributed by atoms with van der Waals surface area (Å²) in [6.45, 7) is 3.94. The van der Waals surface area contributed by atoms with Crippen molar-refractivity contribution in [2.45, 2.75) is 58.2 Å². The van der Waals surface area contributed by atoms with Crippen LogP contribution in [0.15, 0.2) is 23.1 Å².